The first-order valence-electron chi connectivity index (χ1n) is 7.26. The summed E-state index contributed by atoms with van der Waals surface area (Å²) in [5, 5.41) is 15.4. The summed E-state index contributed by atoms with van der Waals surface area (Å²) >= 11 is 0. The van der Waals surface area contributed by atoms with E-state index in [-0.39, 0.29) is 5.41 Å². The monoisotopic (exact) mass is 271 g/mol. The van der Waals surface area contributed by atoms with Gasteiger partial charge in [-0.1, -0.05) is 25.4 Å². The van der Waals surface area contributed by atoms with Crippen molar-refractivity contribution in [3.63, 3.8) is 0 Å². The molecule has 4 N–H and O–H groups in total. The molecule has 1 aliphatic heterocycles. The fourth-order valence-electron chi connectivity index (χ4n) is 2.40. The standard InChI is InChI=1S/C14H29N3O2/c1-11(12-6-9-19-10-12)16-8-5-4-7-14(2,3)13(15)17-18/h11-12,16,18H,4-10H2,1-3H3,(H2,15,17). The Labute approximate surface area is 116 Å². The van der Waals surface area contributed by atoms with E-state index in [1.165, 1.54) is 6.42 Å². The molecule has 0 saturated carbocycles. The summed E-state index contributed by atoms with van der Waals surface area (Å²) in [6.45, 7) is 9.07. The van der Waals surface area contributed by atoms with Gasteiger partial charge < -0.3 is 21.0 Å². The normalized spacial score (nSPS) is 22.7. The number of hydrogen-bond acceptors (Lipinski definition) is 4. The number of unbranched alkanes of at least 4 members (excludes halogenated alkanes) is 1. The summed E-state index contributed by atoms with van der Waals surface area (Å²) in [4.78, 5) is 0. The molecule has 0 bridgehead atoms. The quantitative estimate of drug-likeness (QED) is 0.207. The van der Waals surface area contributed by atoms with E-state index in [1.54, 1.807) is 0 Å². The van der Waals surface area contributed by atoms with Crippen LogP contribution in [0.1, 0.15) is 46.5 Å². The minimum Gasteiger partial charge on any atom is -0.409 e. The Morgan fingerprint density at radius 3 is 2.84 bits per heavy atom. The largest absolute Gasteiger partial charge is 0.409 e. The van der Waals surface area contributed by atoms with E-state index in [0.29, 0.717) is 17.8 Å². The average molecular weight is 271 g/mol. The molecule has 5 heteroatoms. The Kier molecular flexibility index (Phi) is 6.58. The minimum absolute atomic E-state index is 0.223. The van der Waals surface area contributed by atoms with E-state index in [2.05, 4.69) is 17.4 Å². The van der Waals surface area contributed by atoms with Crippen LogP contribution in [-0.4, -0.2) is 36.8 Å². The Morgan fingerprint density at radius 1 is 1.53 bits per heavy atom. The zero-order valence-corrected chi connectivity index (χ0v) is 12.5. The number of ether oxygens (including phenoxy) is 1. The first-order chi connectivity index (χ1) is 8.97. The number of nitrogens with zero attached hydrogens (tertiary/aromatic N) is 1. The molecule has 0 spiro atoms. The van der Waals surface area contributed by atoms with E-state index < -0.39 is 0 Å². The lowest BCUT2D eigenvalue weighted by Gasteiger charge is -2.23. The first kappa shape index (κ1) is 16.2. The van der Waals surface area contributed by atoms with Gasteiger partial charge in [-0.05, 0) is 38.6 Å². The van der Waals surface area contributed by atoms with Crippen molar-refractivity contribution in [1.29, 1.82) is 0 Å². The van der Waals surface area contributed by atoms with Crippen LogP contribution in [-0.2, 0) is 4.74 Å². The number of nitrogens with two attached hydrogens (primary N) is 1. The van der Waals surface area contributed by atoms with E-state index >= 15 is 0 Å². The zero-order valence-electron chi connectivity index (χ0n) is 12.5. The first-order valence-corrected chi connectivity index (χ1v) is 7.26. The van der Waals surface area contributed by atoms with Crippen molar-refractivity contribution >= 4 is 5.84 Å². The predicted octanol–water partition coefficient (Wildman–Crippen LogP) is 1.94. The molecule has 0 aromatic heterocycles. The lowest BCUT2D eigenvalue weighted by atomic mass is 9.86. The smallest absolute Gasteiger partial charge is 0.144 e. The summed E-state index contributed by atoms with van der Waals surface area (Å²) in [5.41, 5.74) is 5.44. The van der Waals surface area contributed by atoms with Gasteiger partial charge in [-0.2, -0.15) is 0 Å². The van der Waals surface area contributed by atoms with Crippen molar-refractivity contribution in [3.05, 3.63) is 0 Å². The molecule has 0 aliphatic carbocycles. The molecule has 1 saturated heterocycles. The molecule has 2 atom stereocenters. The molecule has 0 radical (unpaired) electrons. The molecule has 112 valence electrons. The third-order valence-electron chi connectivity index (χ3n) is 4.17. The highest BCUT2D eigenvalue weighted by Gasteiger charge is 2.23. The van der Waals surface area contributed by atoms with Crippen LogP contribution in [0.15, 0.2) is 5.16 Å². The van der Waals surface area contributed by atoms with Crippen LogP contribution >= 0.6 is 0 Å². The molecule has 1 aliphatic rings. The van der Waals surface area contributed by atoms with Gasteiger partial charge in [-0.25, -0.2) is 0 Å². The Hall–Kier alpha value is -0.810. The van der Waals surface area contributed by atoms with Crippen molar-refractivity contribution in [2.45, 2.75) is 52.5 Å². The molecule has 2 unspecified atom stereocenters. The van der Waals surface area contributed by atoms with Gasteiger partial charge in [0.15, 0.2) is 0 Å². The van der Waals surface area contributed by atoms with Gasteiger partial charge in [-0.15, -0.1) is 0 Å². The molecule has 0 amide bonds. The SMILES string of the molecule is CC(NCCCCC(C)(C)C(N)=NO)C1CCOC1. The minimum atomic E-state index is -0.223. The van der Waals surface area contributed by atoms with Crippen LogP contribution < -0.4 is 11.1 Å². The van der Waals surface area contributed by atoms with Crippen LogP contribution in [0.25, 0.3) is 0 Å². The Balaban J connectivity index is 2.10. The summed E-state index contributed by atoms with van der Waals surface area (Å²) in [6, 6.07) is 0.527. The summed E-state index contributed by atoms with van der Waals surface area (Å²) in [5.74, 6) is 0.977. The lowest BCUT2D eigenvalue weighted by molar-refractivity contribution is 0.178. The average Bonchev–Trinajstić information content (AvgIpc) is 2.90. The van der Waals surface area contributed by atoms with Gasteiger partial charge in [0.1, 0.15) is 5.84 Å². The van der Waals surface area contributed by atoms with Crippen LogP contribution in [0.4, 0.5) is 0 Å². The van der Waals surface area contributed by atoms with Crippen molar-refractivity contribution in [2.75, 3.05) is 19.8 Å². The predicted molar refractivity (Wildman–Crippen MR) is 77.4 cm³/mol. The maximum absolute atomic E-state index is 8.71. The van der Waals surface area contributed by atoms with Crippen molar-refractivity contribution < 1.29 is 9.94 Å². The second kappa shape index (κ2) is 7.70. The summed E-state index contributed by atoms with van der Waals surface area (Å²) in [7, 11) is 0. The molecule has 1 fully saturated rings. The Morgan fingerprint density at radius 2 is 2.26 bits per heavy atom. The third-order valence-corrected chi connectivity index (χ3v) is 4.17. The van der Waals surface area contributed by atoms with Gasteiger partial charge in [0.25, 0.3) is 0 Å². The van der Waals surface area contributed by atoms with Crippen molar-refractivity contribution in [1.82, 2.24) is 5.32 Å². The second-order valence-electron chi connectivity index (χ2n) is 6.19. The van der Waals surface area contributed by atoms with Gasteiger partial charge in [0.05, 0.1) is 6.61 Å². The number of amidine groups is 1. The third kappa shape index (κ3) is 5.37. The number of hydrogen-bond donors (Lipinski definition) is 3. The van der Waals surface area contributed by atoms with Crippen molar-refractivity contribution in [2.24, 2.45) is 22.2 Å². The molecule has 1 heterocycles. The molecule has 19 heavy (non-hydrogen) atoms. The highest BCUT2D eigenvalue weighted by Crippen LogP contribution is 2.23. The molecule has 5 nitrogen and oxygen atoms in total. The zero-order chi connectivity index (χ0) is 14.3. The van der Waals surface area contributed by atoms with Crippen LogP contribution in [0.3, 0.4) is 0 Å². The fraction of sp³-hybridized carbons (Fsp3) is 0.929. The van der Waals surface area contributed by atoms with Gasteiger partial charge in [-0.3, -0.25) is 0 Å². The highest BCUT2D eigenvalue weighted by molar-refractivity contribution is 5.85. The van der Waals surface area contributed by atoms with E-state index in [1.807, 2.05) is 13.8 Å². The van der Waals surface area contributed by atoms with E-state index in [9.17, 15) is 0 Å². The molecule has 1 rings (SSSR count). The molecular formula is C14H29N3O2. The van der Waals surface area contributed by atoms with Gasteiger partial charge in [0, 0.05) is 18.1 Å². The topological polar surface area (TPSA) is 79.9 Å². The summed E-state index contributed by atoms with van der Waals surface area (Å²) in [6.07, 6.45) is 4.29. The maximum Gasteiger partial charge on any atom is 0.144 e. The Bertz CT molecular complexity index is 286. The van der Waals surface area contributed by atoms with E-state index in [4.69, 9.17) is 15.7 Å². The van der Waals surface area contributed by atoms with Crippen LogP contribution in [0, 0.1) is 11.3 Å². The van der Waals surface area contributed by atoms with E-state index in [0.717, 1.165) is 39.0 Å². The number of nitrogens with one attached hydrogen (secondary N) is 1. The molecular weight excluding hydrogens is 242 g/mol. The second-order valence-corrected chi connectivity index (χ2v) is 6.19. The summed E-state index contributed by atoms with van der Waals surface area (Å²) < 4.78 is 5.40. The fourth-order valence-corrected chi connectivity index (χ4v) is 2.40. The van der Waals surface area contributed by atoms with Gasteiger partial charge >= 0.3 is 0 Å². The highest BCUT2D eigenvalue weighted by atomic mass is 16.5. The maximum atomic E-state index is 8.71. The number of oxime groups is 1. The van der Waals surface area contributed by atoms with Crippen molar-refractivity contribution in [3.8, 4) is 0 Å². The molecule has 0 aromatic carbocycles. The number of rotatable bonds is 8. The van der Waals surface area contributed by atoms with Crippen LogP contribution in [0.2, 0.25) is 0 Å². The molecule has 0 aromatic rings. The van der Waals surface area contributed by atoms with Crippen LogP contribution in [0.5, 0.6) is 0 Å². The van der Waals surface area contributed by atoms with Gasteiger partial charge in [0.2, 0.25) is 0 Å². The lowest BCUT2D eigenvalue weighted by Crippen LogP contribution is -2.35.